The second-order valence-electron chi connectivity index (χ2n) is 7.12. The minimum absolute atomic E-state index is 0.371. The Morgan fingerprint density at radius 3 is 2.82 bits per heavy atom. The molecule has 1 aromatic heterocycles. The fourth-order valence-corrected chi connectivity index (χ4v) is 4.50. The zero-order valence-electron chi connectivity index (χ0n) is 13.3. The summed E-state index contributed by atoms with van der Waals surface area (Å²) in [6.07, 6.45) is 6.61. The largest absolute Gasteiger partial charge is 0.368 e. The number of rotatable bonds is 4. The van der Waals surface area contributed by atoms with Gasteiger partial charge in [-0.3, -0.25) is 0 Å². The molecule has 120 valence electrons. The van der Waals surface area contributed by atoms with Gasteiger partial charge in [-0.25, -0.2) is 0 Å². The van der Waals surface area contributed by atoms with Crippen molar-refractivity contribution in [2.75, 3.05) is 36.1 Å². The van der Waals surface area contributed by atoms with Gasteiger partial charge in [-0.15, -0.1) is 0 Å². The van der Waals surface area contributed by atoms with Gasteiger partial charge in [-0.05, 0) is 44.6 Å². The van der Waals surface area contributed by atoms with E-state index in [1.54, 1.807) is 0 Å². The van der Waals surface area contributed by atoms with Crippen molar-refractivity contribution in [3.05, 3.63) is 6.07 Å². The van der Waals surface area contributed by atoms with Gasteiger partial charge in [0.05, 0.1) is 0 Å². The molecule has 1 aliphatic heterocycles. The van der Waals surface area contributed by atoms with E-state index >= 15 is 0 Å². The van der Waals surface area contributed by atoms with E-state index in [4.69, 9.17) is 5.73 Å². The van der Waals surface area contributed by atoms with E-state index in [1.807, 2.05) is 7.05 Å². The van der Waals surface area contributed by atoms with E-state index < -0.39 is 0 Å². The van der Waals surface area contributed by atoms with Gasteiger partial charge in [0.15, 0.2) is 0 Å². The lowest BCUT2D eigenvalue weighted by molar-refractivity contribution is 0.439. The number of nitrogens with zero attached hydrogens (tertiary/aromatic N) is 3. The second-order valence-corrected chi connectivity index (χ2v) is 7.12. The molecule has 1 aromatic rings. The molecule has 2 aliphatic carbocycles. The van der Waals surface area contributed by atoms with Gasteiger partial charge in [0.25, 0.3) is 0 Å². The van der Waals surface area contributed by atoms with E-state index in [9.17, 15) is 0 Å². The van der Waals surface area contributed by atoms with E-state index in [2.05, 4.69) is 31.6 Å². The lowest BCUT2D eigenvalue weighted by Crippen LogP contribution is -2.30. The van der Waals surface area contributed by atoms with Gasteiger partial charge in [0, 0.05) is 31.2 Å². The maximum atomic E-state index is 5.94. The Morgan fingerprint density at radius 2 is 2.14 bits per heavy atom. The third kappa shape index (κ3) is 2.60. The zero-order chi connectivity index (χ0) is 15.1. The number of aromatic nitrogens is 2. The molecule has 0 radical (unpaired) electrons. The van der Waals surface area contributed by atoms with Crippen molar-refractivity contribution in [2.45, 2.75) is 44.2 Å². The Bertz CT molecular complexity index is 547. The SMILES string of the molecule is CN[C@H]1CCN(c2cc(N[C@H]3C[C@H]4CC[C@@H]3C4)nc(N)n2)C1. The van der Waals surface area contributed by atoms with E-state index in [-0.39, 0.29) is 0 Å². The van der Waals surface area contributed by atoms with Gasteiger partial charge >= 0.3 is 0 Å². The monoisotopic (exact) mass is 302 g/mol. The van der Waals surface area contributed by atoms with Crippen LogP contribution in [0.4, 0.5) is 17.6 Å². The molecule has 0 spiro atoms. The number of nitrogens with one attached hydrogen (secondary N) is 2. The summed E-state index contributed by atoms with van der Waals surface area (Å²) in [6.45, 7) is 2.01. The molecule has 0 unspecified atom stereocenters. The number of anilines is 3. The maximum absolute atomic E-state index is 5.94. The van der Waals surface area contributed by atoms with Gasteiger partial charge in [0.1, 0.15) is 11.6 Å². The highest BCUT2D eigenvalue weighted by Crippen LogP contribution is 2.45. The average Bonchev–Trinajstić information content (AvgIpc) is 3.23. The van der Waals surface area contributed by atoms with E-state index in [0.717, 1.165) is 43.0 Å². The summed E-state index contributed by atoms with van der Waals surface area (Å²) in [5.41, 5.74) is 5.94. The number of fused-ring (bicyclic) bond motifs is 2. The lowest BCUT2D eigenvalue weighted by Gasteiger charge is -2.24. The molecule has 4 atom stereocenters. The van der Waals surface area contributed by atoms with Crippen molar-refractivity contribution < 1.29 is 0 Å². The molecular formula is C16H26N6. The first-order valence-corrected chi connectivity index (χ1v) is 8.54. The van der Waals surface area contributed by atoms with Gasteiger partial charge in [-0.2, -0.15) is 9.97 Å². The molecule has 6 nitrogen and oxygen atoms in total. The van der Waals surface area contributed by atoms with Crippen LogP contribution in [0.15, 0.2) is 6.07 Å². The first-order valence-electron chi connectivity index (χ1n) is 8.54. The highest BCUT2D eigenvalue weighted by Gasteiger charge is 2.39. The predicted octanol–water partition coefficient (Wildman–Crippen LogP) is 1.46. The van der Waals surface area contributed by atoms with E-state index in [0.29, 0.717) is 18.0 Å². The Morgan fingerprint density at radius 1 is 1.23 bits per heavy atom. The number of hydrogen-bond donors (Lipinski definition) is 3. The fraction of sp³-hybridized carbons (Fsp3) is 0.750. The maximum Gasteiger partial charge on any atom is 0.223 e. The summed E-state index contributed by atoms with van der Waals surface area (Å²) in [5, 5.41) is 6.97. The van der Waals surface area contributed by atoms with Crippen molar-refractivity contribution in [1.29, 1.82) is 0 Å². The number of nitrogen functional groups attached to an aromatic ring is 1. The molecule has 0 aromatic carbocycles. The van der Waals surface area contributed by atoms with Crippen LogP contribution in [0.25, 0.3) is 0 Å². The van der Waals surface area contributed by atoms with Crippen LogP contribution in [0.1, 0.15) is 32.1 Å². The van der Waals surface area contributed by atoms with Crippen molar-refractivity contribution >= 4 is 17.6 Å². The van der Waals surface area contributed by atoms with Crippen molar-refractivity contribution in [2.24, 2.45) is 11.8 Å². The third-order valence-corrected chi connectivity index (χ3v) is 5.72. The normalized spacial score (nSPS) is 33.6. The predicted molar refractivity (Wildman–Crippen MR) is 89.0 cm³/mol. The molecule has 22 heavy (non-hydrogen) atoms. The van der Waals surface area contributed by atoms with Gasteiger partial charge in [0.2, 0.25) is 5.95 Å². The zero-order valence-corrected chi connectivity index (χ0v) is 13.3. The number of likely N-dealkylation sites (N-methyl/N-ethyl adjacent to an activating group) is 1. The third-order valence-electron chi connectivity index (χ3n) is 5.72. The molecule has 3 aliphatic rings. The quantitative estimate of drug-likeness (QED) is 0.781. The van der Waals surface area contributed by atoms with Crippen LogP contribution in [0.2, 0.25) is 0 Å². The molecular weight excluding hydrogens is 276 g/mol. The Labute approximate surface area is 131 Å². The molecule has 1 saturated heterocycles. The van der Waals surface area contributed by atoms with Crippen LogP contribution in [0.3, 0.4) is 0 Å². The molecule has 6 heteroatoms. The molecule has 4 N–H and O–H groups in total. The number of hydrogen-bond acceptors (Lipinski definition) is 6. The van der Waals surface area contributed by atoms with Crippen LogP contribution in [0, 0.1) is 11.8 Å². The Hall–Kier alpha value is -1.56. The van der Waals surface area contributed by atoms with Crippen LogP contribution in [0.5, 0.6) is 0 Å². The van der Waals surface area contributed by atoms with Crippen LogP contribution >= 0.6 is 0 Å². The summed E-state index contributed by atoms with van der Waals surface area (Å²) < 4.78 is 0. The fourth-order valence-electron chi connectivity index (χ4n) is 4.50. The van der Waals surface area contributed by atoms with Crippen molar-refractivity contribution in [1.82, 2.24) is 15.3 Å². The van der Waals surface area contributed by atoms with Crippen molar-refractivity contribution in [3.63, 3.8) is 0 Å². The summed E-state index contributed by atoms with van der Waals surface area (Å²) in [6, 6.07) is 3.18. The Balaban J connectivity index is 1.49. The standard InChI is InChI=1S/C16H26N6/c1-18-12-4-5-22(9-12)15-8-14(20-16(17)21-15)19-13-7-10-2-3-11(13)6-10/h8,10-13,18H,2-7,9H2,1H3,(H3,17,19,20,21)/t10-,11+,12-,13-/m0/s1. The summed E-state index contributed by atoms with van der Waals surface area (Å²) in [7, 11) is 2.02. The first kappa shape index (κ1) is 14.1. The van der Waals surface area contributed by atoms with Crippen LogP contribution in [-0.4, -0.2) is 42.2 Å². The van der Waals surface area contributed by atoms with Crippen LogP contribution in [-0.2, 0) is 0 Å². The molecule has 2 heterocycles. The minimum Gasteiger partial charge on any atom is -0.368 e. The second kappa shape index (κ2) is 5.57. The topological polar surface area (TPSA) is 79.1 Å². The van der Waals surface area contributed by atoms with Crippen molar-refractivity contribution in [3.8, 4) is 0 Å². The highest BCUT2D eigenvalue weighted by atomic mass is 15.3. The molecule has 2 bridgehead atoms. The summed E-state index contributed by atoms with van der Waals surface area (Å²) in [4.78, 5) is 11.1. The molecule has 0 amide bonds. The van der Waals surface area contributed by atoms with Gasteiger partial charge < -0.3 is 21.3 Å². The lowest BCUT2D eigenvalue weighted by atomic mass is 9.95. The number of nitrogens with two attached hydrogens (primary N) is 1. The van der Waals surface area contributed by atoms with Crippen LogP contribution < -0.4 is 21.3 Å². The summed E-state index contributed by atoms with van der Waals surface area (Å²) >= 11 is 0. The first-order chi connectivity index (χ1) is 10.7. The minimum atomic E-state index is 0.371. The van der Waals surface area contributed by atoms with Gasteiger partial charge in [-0.1, -0.05) is 6.42 Å². The molecule has 4 rings (SSSR count). The Kier molecular flexibility index (Phi) is 3.56. The van der Waals surface area contributed by atoms with E-state index in [1.165, 1.54) is 25.7 Å². The average molecular weight is 302 g/mol. The molecule has 2 saturated carbocycles. The summed E-state index contributed by atoms with van der Waals surface area (Å²) in [5.74, 6) is 3.97. The molecule has 3 fully saturated rings. The smallest absolute Gasteiger partial charge is 0.223 e. The highest BCUT2D eigenvalue weighted by molar-refractivity contribution is 5.54.